The van der Waals surface area contributed by atoms with Gasteiger partial charge in [-0.25, -0.2) is 9.97 Å². The minimum absolute atomic E-state index is 0.0589. The van der Waals surface area contributed by atoms with E-state index in [9.17, 15) is 9.59 Å². The van der Waals surface area contributed by atoms with Gasteiger partial charge in [-0.15, -0.1) is 11.3 Å². The van der Waals surface area contributed by atoms with Crippen LogP contribution < -0.4 is 11.1 Å². The van der Waals surface area contributed by atoms with Gasteiger partial charge in [0, 0.05) is 29.4 Å². The highest BCUT2D eigenvalue weighted by atomic mass is 32.2. The monoisotopic (exact) mass is 438 g/mol. The predicted octanol–water partition coefficient (Wildman–Crippen LogP) is 3.90. The molecule has 4 aromatic heterocycles. The number of aryl methyl sites for hydroxylation is 1. The van der Waals surface area contributed by atoms with E-state index in [-0.39, 0.29) is 11.1 Å². The minimum Gasteiger partial charge on any atom is -0.287 e. The first-order valence-corrected chi connectivity index (χ1v) is 12.0. The first-order valence-electron chi connectivity index (χ1n) is 10.2. The van der Waals surface area contributed by atoms with Crippen LogP contribution in [0.15, 0.2) is 45.2 Å². The van der Waals surface area contributed by atoms with E-state index in [0.717, 1.165) is 29.5 Å². The van der Waals surface area contributed by atoms with Gasteiger partial charge in [0.1, 0.15) is 10.5 Å². The average molecular weight is 439 g/mol. The van der Waals surface area contributed by atoms with Gasteiger partial charge in [-0.2, -0.15) is 0 Å². The number of hydrogen-bond donors (Lipinski definition) is 0. The van der Waals surface area contributed by atoms with E-state index in [1.165, 1.54) is 26.6 Å². The Morgan fingerprint density at radius 3 is 2.97 bits per heavy atom. The Bertz CT molecular complexity index is 1390. The molecule has 154 valence electrons. The molecular formula is C22H22N4O2S2. The maximum absolute atomic E-state index is 13.3. The second-order valence-electron chi connectivity index (χ2n) is 7.78. The van der Waals surface area contributed by atoms with Crippen molar-refractivity contribution in [1.82, 2.24) is 18.9 Å². The van der Waals surface area contributed by atoms with Crippen LogP contribution in [-0.4, -0.2) is 18.9 Å². The van der Waals surface area contributed by atoms with Crippen LogP contribution in [0.2, 0.25) is 0 Å². The summed E-state index contributed by atoms with van der Waals surface area (Å²) in [5, 5.41) is 1.51. The molecule has 0 bridgehead atoms. The first kappa shape index (κ1) is 19.5. The number of thioether (sulfide) groups is 1. The SMILES string of the molecule is CCn1c(SCc2cc(=O)n3ccccc3n2)nc2sc3c(c2c1=O)CCC(C)C3. The first-order chi connectivity index (χ1) is 14.5. The van der Waals surface area contributed by atoms with Crippen molar-refractivity contribution in [1.29, 1.82) is 0 Å². The minimum atomic E-state index is -0.104. The lowest BCUT2D eigenvalue weighted by atomic mass is 9.89. The second-order valence-corrected chi connectivity index (χ2v) is 9.81. The number of aromatic nitrogens is 4. The van der Waals surface area contributed by atoms with Gasteiger partial charge in [0.05, 0.1) is 11.1 Å². The molecule has 5 rings (SSSR count). The van der Waals surface area contributed by atoms with Crippen molar-refractivity contribution in [2.24, 2.45) is 5.92 Å². The van der Waals surface area contributed by atoms with E-state index < -0.39 is 0 Å². The normalized spacial score (nSPS) is 16.3. The van der Waals surface area contributed by atoms with Crippen molar-refractivity contribution in [2.45, 2.75) is 50.6 Å². The van der Waals surface area contributed by atoms with Crippen LogP contribution in [0.4, 0.5) is 0 Å². The fourth-order valence-electron chi connectivity index (χ4n) is 4.11. The van der Waals surface area contributed by atoms with Crippen LogP contribution in [-0.2, 0) is 25.1 Å². The molecule has 0 amide bonds. The maximum atomic E-state index is 13.3. The number of thiophene rings is 1. The van der Waals surface area contributed by atoms with Gasteiger partial charge < -0.3 is 0 Å². The van der Waals surface area contributed by atoms with E-state index >= 15 is 0 Å². The third-order valence-corrected chi connectivity index (χ3v) is 7.83. The fraction of sp³-hybridized carbons (Fsp3) is 0.364. The number of pyridine rings is 1. The van der Waals surface area contributed by atoms with Gasteiger partial charge in [-0.3, -0.25) is 18.6 Å². The van der Waals surface area contributed by atoms with E-state index in [1.807, 2.05) is 25.1 Å². The zero-order valence-electron chi connectivity index (χ0n) is 16.9. The molecule has 8 heteroatoms. The summed E-state index contributed by atoms with van der Waals surface area (Å²) in [7, 11) is 0. The fourth-order valence-corrected chi connectivity index (χ4v) is 6.49. The predicted molar refractivity (Wildman–Crippen MR) is 122 cm³/mol. The summed E-state index contributed by atoms with van der Waals surface area (Å²) in [5.74, 6) is 1.15. The standard InChI is InChI=1S/C22H22N4O2S2/c1-3-25-21(28)19-15-8-7-13(2)10-16(15)30-20(19)24-22(25)29-12-14-11-18(27)26-9-5-4-6-17(26)23-14/h4-6,9,11,13H,3,7-8,10,12H2,1-2H3. The Morgan fingerprint density at radius 2 is 2.13 bits per heavy atom. The second kappa shape index (κ2) is 7.67. The molecule has 0 saturated heterocycles. The summed E-state index contributed by atoms with van der Waals surface area (Å²) in [4.78, 5) is 37.2. The summed E-state index contributed by atoms with van der Waals surface area (Å²) >= 11 is 3.14. The van der Waals surface area contributed by atoms with Crippen molar-refractivity contribution in [3.05, 3.63) is 67.3 Å². The highest BCUT2D eigenvalue weighted by Crippen LogP contribution is 2.36. The molecule has 0 spiro atoms. The van der Waals surface area contributed by atoms with Gasteiger partial charge in [0.25, 0.3) is 11.1 Å². The summed E-state index contributed by atoms with van der Waals surface area (Å²) in [6.45, 7) is 4.81. The zero-order valence-corrected chi connectivity index (χ0v) is 18.6. The Balaban J connectivity index is 1.53. The molecule has 30 heavy (non-hydrogen) atoms. The molecule has 0 aromatic carbocycles. The molecule has 0 N–H and O–H groups in total. The molecule has 0 radical (unpaired) electrons. The van der Waals surface area contributed by atoms with Crippen LogP contribution in [0.1, 0.15) is 36.4 Å². The van der Waals surface area contributed by atoms with Crippen molar-refractivity contribution in [3.8, 4) is 0 Å². The number of fused-ring (bicyclic) bond motifs is 4. The molecule has 4 aromatic rings. The molecule has 1 unspecified atom stereocenters. The molecule has 1 aliphatic rings. The smallest absolute Gasteiger partial charge is 0.263 e. The molecule has 0 saturated carbocycles. The van der Waals surface area contributed by atoms with Crippen molar-refractivity contribution < 1.29 is 0 Å². The highest BCUT2D eigenvalue weighted by molar-refractivity contribution is 7.98. The largest absolute Gasteiger partial charge is 0.287 e. The maximum Gasteiger partial charge on any atom is 0.263 e. The lowest BCUT2D eigenvalue weighted by Gasteiger charge is -2.17. The Morgan fingerprint density at radius 1 is 1.27 bits per heavy atom. The topological polar surface area (TPSA) is 69.3 Å². The number of hydrogen-bond acceptors (Lipinski definition) is 6. The van der Waals surface area contributed by atoms with Gasteiger partial charge >= 0.3 is 0 Å². The summed E-state index contributed by atoms with van der Waals surface area (Å²) < 4.78 is 3.28. The van der Waals surface area contributed by atoms with Gasteiger partial charge in [-0.1, -0.05) is 24.8 Å². The van der Waals surface area contributed by atoms with Crippen molar-refractivity contribution >= 4 is 39.0 Å². The molecule has 1 atom stereocenters. The van der Waals surface area contributed by atoms with E-state index in [1.54, 1.807) is 28.2 Å². The Labute approximate surface area is 181 Å². The van der Waals surface area contributed by atoms with E-state index in [4.69, 9.17) is 4.98 Å². The van der Waals surface area contributed by atoms with Crippen molar-refractivity contribution in [3.63, 3.8) is 0 Å². The van der Waals surface area contributed by atoms with Crippen molar-refractivity contribution in [2.75, 3.05) is 0 Å². The summed E-state index contributed by atoms with van der Waals surface area (Å²) in [6.07, 6.45) is 4.85. The van der Waals surface area contributed by atoms with Crippen LogP contribution in [0.5, 0.6) is 0 Å². The summed E-state index contributed by atoms with van der Waals surface area (Å²) in [6, 6.07) is 7.05. The third-order valence-electron chi connectivity index (χ3n) is 5.67. The Hall–Kier alpha value is -2.45. The zero-order chi connectivity index (χ0) is 20.8. The number of nitrogens with zero attached hydrogens (tertiary/aromatic N) is 4. The molecule has 1 aliphatic carbocycles. The van der Waals surface area contributed by atoms with Crippen LogP contribution in [0, 0.1) is 5.92 Å². The third kappa shape index (κ3) is 3.28. The van der Waals surface area contributed by atoms with Gasteiger partial charge in [0.2, 0.25) is 0 Å². The van der Waals surface area contributed by atoms with Gasteiger partial charge in [-0.05, 0) is 49.8 Å². The lowest BCUT2D eigenvalue weighted by Crippen LogP contribution is -2.23. The van der Waals surface area contributed by atoms with Crippen LogP contribution in [0.3, 0.4) is 0 Å². The number of rotatable bonds is 4. The quantitative estimate of drug-likeness (QED) is 0.357. The van der Waals surface area contributed by atoms with Crippen LogP contribution >= 0.6 is 23.1 Å². The molecule has 4 heterocycles. The van der Waals surface area contributed by atoms with E-state index in [2.05, 4.69) is 11.9 Å². The average Bonchev–Trinajstić information content (AvgIpc) is 3.10. The van der Waals surface area contributed by atoms with E-state index in [0.29, 0.717) is 34.7 Å². The molecular weight excluding hydrogens is 416 g/mol. The molecule has 0 aliphatic heterocycles. The Kier molecular flexibility index (Phi) is 4.99. The molecule has 0 fully saturated rings. The van der Waals surface area contributed by atoms with Gasteiger partial charge in [0.15, 0.2) is 5.16 Å². The summed E-state index contributed by atoms with van der Waals surface area (Å²) in [5.41, 5.74) is 2.48. The molecule has 6 nitrogen and oxygen atoms in total. The lowest BCUT2D eigenvalue weighted by molar-refractivity contribution is 0.509. The van der Waals surface area contributed by atoms with Crippen LogP contribution in [0.25, 0.3) is 15.9 Å². The highest BCUT2D eigenvalue weighted by Gasteiger charge is 2.24.